The van der Waals surface area contributed by atoms with Crippen LogP contribution in [0.2, 0.25) is 0 Å². The zero-order valence-corrected chi connectivity index (χ0v) is 14.9. The van der Waals surface area contributed by atoms with Gasteiger partial charge in [0.05, 0.1) is 18.9 Å². The molecule has 3 aromatic carbocycles. The van der Waals surface area contributed by atoms with Crippen molar-refractivity contribution in [3.8, 4) is 11.5 Å². The molecule has 3 aromatic rings. The number of oxime groups is 1. The quantitative estimate of drug-likeness (QED) is 0.354. The van der Waals surface area contributed by atoms with Crippen molar-refractivity contribution in [2.45, 2.75) is 6.61 Å². The van der Waals surface area contributed by atoms with E-state index in [0.717, 1.165) is 16.9 Å². The highest BCUT2D eigenvalue weighted by Gasteiger charge is 2.06. The lowest BCUT2D eigenvalue weighted by Crippen LogP contribution is -2.01. The molecule has 0 fully saturated rings. The van der Waals surface area contributed by atoms with Crippen molar-refractivity contribution in [2.24, 2.45) is 5.16 Å². The Hall–Kier alpha value is -3.60. The van der Waals surface area contributed by atoms with Crippen LogP contribution in [0.25, 0.3) is 0 Å². The third-order valence-electron chi connectivity index (χ3n) is 3.79. The van der Waals surface area contributed by atoms with Crippen LogP contribution >= 0.6 is 0 Å². The summed E-state index contributed by atoms with van der Waals surface area (Å²) in [7, 11) is 1.57. The number of methoxy groups -OCH3 is 1. The van der Waals surface area contributed by atoms with Gasteiger partial charge in [-0.25, -0.2) is 4.79 Å². The zero-order chi connectivity index (χ0) is 18.9. The maximum atomic E-state index is 11.9. The van der Waals surface area contributed by atoms with Crippen LogP contribution in [-0.2, 0) is 11.4 Å². The fourth-order valence-electron chi connectivity index (χ4n) is 2.31. The molecule has 0 N–H and O–H groups in total. The Morgan fingerprint density at radius 3 is 2.22 bits per heavy atom. The van der Waals surface area contributed by atoms with Crippen LogP contribution in [0.5, 0.6) is 11.5 Å². The highest BCUT2D eigenvalue weighted by atomic mass is 16.7. The fourth-order valence-corrected chi connectivity index (χ4v) is 2.31. The monoisotopic (exact) mass is 361 g/mol. The summed E-state index contributed by atoms with van der Waals surface area (Å²) in [5.41, 5.74) is 2.30. The first-order valence-electron chi connectivity index (χ1n) is 8.40. The number of hydrogen-bond acceptors (Lipinski definition) is 5. The average Bonchev–Trinajstić information content (AvgIpc) is 2.74. The first kappa shape index (κ1) is 18.2. The summed E-state index contributed by atoms with van der Waals surface area (Å²) in [5.74, 6) is 0.896. The maximum Gasteiger partial charge on any atom is 0.365 e. The van der Waals surface area contributed by atoms with E-state index in [-0.39, 0.29) is 0 Å². The molecule has 0 radical (unpaired) electrons. The van der Waals surface area contributed by atoms with Gasteiger partial charge >= 0.3 is 5.97 Å². The van der Waals surface area contributed by atoms with Crippen molar-refractivity contribution in [2.75, 3.05) is 7.11 Å². The van der Waals surface area contributed by atoms with Gasteiger partial charge in [0.25, 0.3) is 0 Å². The molecule has 0 spiro atoms. The highest BCUT2D eigenvalue weighted by Crippen LogP contribution is 2.14. The summed E-state index contributed by atoms with van der Waals surface area (Å²) >= 11 is 0. The minimum Gasteiger partial charge on any atom is -0.497 e. The predicted octanol–water partition coefficient (Wildman–Crippen LogP) is 4.47. The van der Waals surface area contributed by atoms with Crippen LogP contribution in [0.15, 0.2) is 84.0 Å². The molecule has 0 aromatic heterocycles. The van der Waals surface area contributed by atoms with Gasteiger partial charge in [-0.2, -0.15) is 0 Å². The number of nitrogens with zero attached hydrogens (tertiary/aromatic N) is 1. The summed E-state index contributed by atoms with van der Waals surface area (Å²) in [5, 5.41) is 3.74. The molecular formula is C22H19NO4. The Labute approximate surface area is 157 Å². The smallest absolute Gasteiger partial charge is 0.365 e. The van der Waals surface area contributed by atoms with Crippen molar-refractivity contribution in [3.05, 3.63) is 95.6 Å². The van der Waals surface area contributed by atoms with Crippen LogP contribution in [0.3, 0.4) is 0 Å². The summed E-state index contributed by atoms with van der Waals surface area (Å²) < 4.78 is 10.8. The van der Waals surface area contributed by atoms with Crippen molar-refractivity contribution >= 4 is 12.2 Å². The molecule has 0 unspecified atom stereocenters. The van der Waals surface area contributed by atoms with E-state index in [0.29, 0.717) is 17.9 Å². The molecule has 136 valence electrons. The second kappa shape index (κ2) is 9.20. The van der Waals surface area contributed by atoms with Gasteiger partial charge in [-0.15, -0.1) is 0 Å². The number of ether oxygens (including phenoxy) is 2. The van der Waals surface area contributed by atoms with Gasteiger partial charge in [0.1, 0.15) is 18.1 Å². The topological polar surface area (TPSA) is 57.1 Å². The third kappa shape index (κ3) is 5.44. The first-order chi connectivity index (χ1) is 13.2. The van der Waals surface area contributed by atoms with Crippen LogP contribution in [0, 0.1) is 0 Å². The molecule has 3 rings (SSSR count). The zero-order valence-electron chi connectivity index (χ0n) is 14.9. The molecule has 5 heteroatoms. The lowest BCUT2D eigenvalue weighted by molar-refractivity contribution is 0.0519. The van der Waals surface area contributed by atoms with E-state index < -0.39 is 5.97 Å². The Kier molecular flexibility index (Phi) is 6.20. The van der Waals surface area contributed by atoms with Gasteiger partial charge in [-0.05, 0) is 59.7 Å². The standard InChI is InChI=1S/C22H19NO4/c1-25-20-13-9-19(10-14-20)22(24)27-23-15-17-7-11-21(12-8-17)26-16-18-5-3-2-4-6-18/h2-15H,16H2,1H3. The maximum absolute atomic E-state index is 11.9. The molecule has 0 aliphatic carbocycles. The van der Waals surface area contributed by atoms with Crippen LogP contribution < -0.4 is 9.47 Å². The van der Waals surface area contributed by atoms with Crippen LogP contribution in [0.4, 0.5) is 0 Å². The van der Waals surface area contributed by atoms with E-state index in [2.05, 4.69) is 5.16 Å². The molecule has 5 nitrogen and oxygen atoms in total. The average molecular weight is 361 g/mol. The Morgan fingerprint density at radius 2 is 1.56 bits per heavy atom. The van der Waals surface area contributed by atoms with E-state index in [1.54, 1.807) is 31.4 Å². The van der Waals surface area contributed by atoms with Crippen molar-refractivity contribution in [3.63, 3.8) is 0 Å². The van der Waals surface area contributed by atoms with Crippen molar-refractivity contribution < 1.29 is 19.1 Å². The summed E-state index contributed by atoms with van der Waals surface area (Å²) in [6.45, 7) is 0.508. The van der Waals surface area contributed by atoms with E-state index in [1.807, 2.05) is 54.6 Å². The van der Waals surface area contributed by atoms with Gasteiger partial charge in [0.2, 0.25) is 0 Å². The molecule has 27 heavy (non-hydrogen) atoms. The minimum atomic E-state index is -0.531. The van der Waals surface area contributed by atoms with Gasteiger partial charge in [0.15, 0.2) is 0 Å². The van der Waals surface area contributed by atoms with Gasteiger partial charge in [-0.1, -0.05) is 35.5 Å². The van der Waals surface area contributed by atoms with Crippen molar-refractivity contribution in [1.82, 2.24) is 0 Å². The molecular weight excluding hydrogens is 342 g/mol. The number of rotatable bonds is 7. The molecule has 0 saturated heterocycles. The number of hydrogen-bond donors (Lipinski definition) is 0. The summed E-state index contributed by atoms with van der Waals surface area (Å²) in [4.78, 5) is 16.8. The van der Waals surface area contributed by atoms with Gasteiger partial charge in [-0.3, -0.25) is 0 Å². The SMILES string of the molecule is COc1ccc(C(=O)ON=Cc2ccc(OCc3ccccc3)cc2)cc1. The Bertz CT molecular complexity index is 888. The Balaban J connectivity index is 1.50. The molecule has 0 aliphatic heterocycles. The Morgan fingerprint density at radius 1 is 0.889 bits per heavy atom. The largest absolute Gasteiger partial charge is 0.497 e. The lowest BCUT2D eigenvalue weighted by atomic mass is 10.2. The second-order valence-electron chi connectivity index (χ2n) is 5.69. The fraction of sp³-hybridized carbons (Fsp3) is 0.0909. The predicted molar refractivity (Wildman–Crippen MR) is 103 cm³/mol. The van der Waals surface area contributed by atoms with E-state index in [9.17, 15) is 4.79 Å². The molecule has 0 aliphatic rings. The molecule has 0 saturated carbocycles. The van der Waals surface area contributed by atoms with E-state index >= 15 is 0 Å². The molecule has 0 amide bonds. The van der Waals surface area contributed by atoms with Crippen LogP contribution in [-0.4, -0.2) is 19.3 Å². The first-order valence-corrected chi connectivity index (χ1v) is 8.40. The van der Waals surface area contributed by atoms with E-state index in [4.69, 9.17) is 14.3 Å². The van der Waals surface area contributed by atoms with Crippen molar-refractivity contribution in [1.29, 1.82) is 0 Å². The second-order valence-corrected chi connectivity index (χ2v) is 5.69. The number of carbonyl (C=O) groups is 1. The summed E-state index contributed by atoms with van der Waals surface area (Å²) in [6, 6.07) is 23.9. The highest BCUT2D eigenvalue weighted by molar-refractivity contribution is 5.90. The minimum absolute atomic E-state index is 0.401. The molecule has 0 atom stereocenters. The molecule has 0 bridgehead atoms. The van der Waals surface area contributed by atoms with Gasteiger partial charge < -0.3 is 14.3 Å². The normalized spacial score (nSPS) is 10.6. The molecule has 0 heterocycles. The van der Waals surface area contributed by atoms with Gasteiger partial charge in [0, 0.05) is 0 Å². The van der Waals surface area contributed by atoms with Crippen LogP contribution in [0.1, 0.15) is 21.5 Å². The van der Waals surface area contributed by atoms with E-state index in [1.165, 1.54) is 6.21 Å². The summed E-state index contributed by atoms with van der Waals surface area (Å²) in [6.07, 6.45) is 1.47. The number of carbonyl (C=O) groups excluding carboxylic acids is 1. The number of benzene rings is 3. The lowest BCUT2D eigenvalue weighted by Gasteiger charge is -2.06. The third-order valence-corrected chi connectivity index (χ3v) is 3.79.